The highest BCUT2D eigenvalue weighted by molar-refractivity contribution is 6.33. The predicted octanol–water partition coefficient (Wildman–Crippen LogP) is 2.38. The van der Waals surface area contributed by atoms with Gasteiger partial charge in [-0.05, 0) is 31.2 Å². The highest BCUT2D eigenvalue weighted by Gasteiger charge is 2.18. The molecule has 7 nitrogen and oxygen atoms in total. The molecule has 0 fully saturated rings. The highest BCUT2D eigenvalue weighted by atomic mass is 16.5. The van der Waals surface area contributed by atoms with Crippen molar-refractivity contribution < 1.29 is 24.2 Å². The summed E-state index contributed by atoms with van der Waals surface area (Å²) < 4.78 is 10.8. The van der Waals surface area contributed by atoms with Gasteiger partial charge >= 0.3 is 5.97 Å². The number of nitrogens with zero attached hydrogens (tertiary/aromatic N) is 2. The van der Waals surface area contributed by atoms with Gasteiger partial charge < -0.3 is 14.6 Å². The van der Waals surface area contributed by atoms with Gasteiger partial charge in [-0.15, -0.1) is 10.2 Å². The van der Waals surface area contributed by atoms with Crippen LogP contribution < -0.4 is 4.74 Å². The van der Waals surface area contributed by atoms with Crippen molar-refractivity contribution in [2.24, 2.45) is 0 Å². The summed E-state index contributed by atoms with van der Waals surface area (Å²) in [6.07, 6.45) is 0. The number of ketones is 1. The van der Waals surface area contributed by atoms with Gasteiger partial charge in [0.2, 0.25) is 11.7 Å². The lowest BCUT2D eigenvalue weighted by molar-refractivity contribution is -0.146. The zero-order valence-electron chi connectivity index (χ0n) is 13.6. The number of Topliss-reactive ketones (excluding diaryl/α,β-unsaturated/α-hetero) is 1. The average molecular weight is 340 g/mol. The minimum atomic E-state index is -0.944. The first-order chi connectivity index (χ1) is 11.5. The van der Waals surface area contributed by atoms with E-state index in [1.54, 1.807) is 24.3 Å². The van der Waals surface area contributed by atoms with Crippen molar-refractivity contribution in [1.82, 2.24) is 10.2 Å². The van der Waals surface area contributed by atoms with E-state index in [4.69, 9.17) is 9.15 Å². The van der Waals surface area contributed by atoms with E-state index in [1.165, 1.54) is 0 Å². The van der Waals surface area contributed by atoms with Crippen molar-refractivity contribution >= 4 is 11.8 Å². The third-order valence-electron chi connectivity index (χ3n) is 3.30. The number of hydrogen-bond donors (Lipinski definition) is 0. The number of esters is 1. The Morgan fingerprint density at radius 1 is 1.00 bits per heavy atom. The molecule has 0 aliphatic carbocycles. The van der Waals surface area contributed by atoms with E-state index >= 15 is 0 Å². The summed E-state index contributed by atoms with van der Waals surface area (Å²) in [6, 6.07) is 14.3. The van der Waals surface area contributed by atoms with Crippen molar-refractivity contribution in [2.75, 3.05) is 0 Å². The SMILES string of the molecule is CC(=O)C(=O)Oc1ccccc1-c1nnc(-c2cccc(C)c2)o1.O. The normalized spacial score (nSPS) is 10.0. The number of carbonyl (C=O) groups excluding carboxylic acids is 2. The molecule has 0 saturated carbocycles. The quantitative estimate of drug-likeness (QED) is 0.409. The van der Waals surface area contributed by atoms with Gasteiger partial charge in [0.25, 0.3) is 5.89 Å². The molecule has 1 aromatic heterocycles. The summed E-state index contributed by atoms with van der Waals surface area (Å²) in [5.74, 6) is -0.867. The van der Waals surface area contributed by atoms with Gasteiger partial charge in [0.05, 0.1) is 5.56 Å². The van der Waals surface area contributed by atoms with Crippen molar-refractivity contribution in [2.45, 2.75) is 13.8 Å². The Morgan fingerprint density at radius 3 is 2.44 bits per heavy atom. The van der Waals surface area contributed by atoms with E-state index in [-0.39, 0.29) is 17.1 Å². The van der Waals surface area contributed by atoms with Crippen molar-refractivity contribution in [3.8, 4) is 28.7 Å². The summed E-state index contributed by atoms with van der Waals surface area (Å²) in [7, 11) is 0. The molecule has 0 spiro atoms. The first-order valence-corrected chi connectivity index (χ1v) is 7.27. The van der Waals surface area contributed by atoms with E-state index in [2.05, 4.69) is 10.2 Å². The molecule has 0 aliphatic rings. The van der Waals surface area contributed by atoms with Crippen LogP contribution >= 0.6 is 0 Å². The van der Waals surface area contributed by atoms with Gasteiger partial charge in [-0.25, -0.2) is 4.79 Å². The fourth-order valence-corrected chi connectivity index (χ4v) is 2.13. The fourth-order valence-electron chi connectivity index (χ4n) is 2.13. The number of ether oxygens (including phenoxy) is 1. The molecular formula is C18H16N2O5. The van der Waals surface area contributed by atoms with Crippen LogP contribution in [0.1, 0.15) is 12.5 Å². The third kappa shape index (κ3) is 3.96. The van der Waals surface area contributed by atoms with E-state index in [1.807, 2.05) is 31.2 Å². The molecule has 0 radical (unpaired) electrons. The maximum atomic E-state index is 11.5. The van der Waals surface area contributed by atoms with Crippen molar-refractivity contribution in [3.05, 3.63) is 54.1 Å². The number of aromatic nitrogens is 2. The molecule has 1 heterocycles. The second kappa shape index (κ2) is 7.50. The Morgan fingerprint density at radius 2 is 1.72 bits per heavy atom. The molecule has 0 aliphatic heterocycles. The predicted molar refractivity (Wildman–Crippen MR) is 89.8 cm³/mol. The van der Waals surface area contributed by atoms with Crippen LogP contribution in [0.5, 0.6) is 5.75 Å². The minimum Gasteiger partial charge on any atom is -0.420 e. The molecule has 25 heavy (non-hydrogen) atoms. The molecule has 0 saturated heterocycles. The van der Waals surface area contributed by atoms with Crippen molar-refractivity contribution in [3.63, 3.8) is 0 Å². The molecule has 3 aromatic rings. The van der Waals surface area contributed by atoms with Gasteiger partial charge in [-0.1, -0.05) is 29.8 Å². The fraction of sp³-hybridized carbons (Fsp3) is 0.111. The smallest absolute Gasteiger partial charge is 0.379 e. The number of carbonyl (C=O) groups is 2. The van der Waals surface area contributed by atoms with Crippen molar-refractivity contribution in [1.29, 1.82) is 0 Å². The third-order valence-corrected chi connectivity index (χ3v) is 3.30. The largest absolute Gasteiger partial charge is 0.420 e. The molecule has 0 unspecified atom stereocenters. The molecule has 0 atom stereocenters. The Balaban J connectivity index is 0.00000225. The van der Waals surface area contributed by atoms with E-state index in [0.717, 1.165) is 18.1 Å². The highest BCUT2D eigenvalue weighted by Crippen LogP contribution is 2.31. The van der Waals surface area contributed by atoms with Crippen LogP contribution in [-0.4, -0.2) is 27.4 Å². The van der Waals surface area contributed by atoms with Crippen LogP contribution in [-0.2, 0) is 9.59 Å². The lowest BCUT2D eigenvalue weighted by Crippen LogP contribution is -2.17. The Bertz CT molecular complexity index is 917. The lowest BCUT2D eigenvalue weighted by Gasteiger charge is -2.05. The van der Waals surface area contributed by atoms with Crippen LogP contribution in [0.15, 0.2) is 52.9 Å². The molecule has 7 heteroatoms. The molecule has 0 bridgehead atoms. The van der Waals surface area contributed by atoms with Crippen LogP contribution in [0.25, 0.3) is 22.9 Å². The summed E-state index contributed by atoms with van der Waals surface area (Å²) in [5.41, 5.74) is 2.31. The van der Waals surface area contributed by atoms with Gasteiger partial charge in [-0.3, -0.25) is 4.79 Å². The Labute approximate surface area is 143 Å². The molecule has 2 N–H and O–H groups in total. The summed E-state index contributed by atoms with van der Waals surface area (Å²) in [6.45, 7) is 3.12. The van der Waals surface area contributed by atoms with Gasteiger partial charge in [0, 0.05) is 12.5 Å². The summed E-state index contributed by atoms with van der Waals surface area (Å²) in [5, 5.41) is 8.05. The monoisotopic (exact) mass is 340 g/mol. The van der Waals surface area contributed by atoms with E-state index in [0.29, 0.717) is 11.5 Å². The standard InChI is InChI=1S/C18H14N2O4.H2O/c1-11-6-5-7-13(10-11)16-19-20-17(24-16)14-8-3-4-9-15(14)23-18(22)12(2)21;/h3-10H,1-2H3;1H2. The van der Waals surface area contributed by atoms with Gasteiger partial charge in [-0.2, -0.15) is 0 Å². The summed E-state index contributed by atoms with van der Waals surface area (Å²) >= 11 is 0. The lowest BCUT2D eigenvalue weighted by atomic mass is 10.1. The van der Waals surface area contributed by atoms with E-state index < -0.39 is 11.8 Å². The second-order valence-electron chi connectivity index (χ2n) is 5.22. The van der Waals surface area contributed by atoms with E-state index in [9.17, 15) is 9.59 Å². The number of rotatable bonds is 4. The molecule has 2 aromatic carbocycles. The second-order valence-corrected chi connectivity index (χ2v) is 5.22. The van der Waals surface area contributed by atoms with Gasteiger partial charge in [0.1, 0.15) is 5.75 Å². The first-order valence-electron chi connectivity index (χ1n) is 7.27. The first kappa shape index (κ1) is 18.0. The number of aryl methyl sites for hydroxylation is 1. The maximum Gasteiger partial charge on any atom is 0.379 e. The minimum absolute atomic E-state index is 0. The zero-order valence-corrected chi connectivity index (χ0v) is 13.6. The zero-order chi connectivity index (χ0) is 17.1. The van der Waals surface area contributed by atoms with Crippen LogP contribution in [0.2, 0.25) is 0 Å². The van der Waals surface area contributed by atoms with Gasteiger partial charge in [0.15, 0.2) is 0 Å². The Hall–Kier alpha value is -3.32. The Kier molecular flexibility index (Phi) is 5.41. The van der Waals surface area contributed by atoms with Crippen LogP contribution in [0.4, 0.5) is 0 Å². The number of benzene rings is 2. The molecular weight excluding hydrogens is 324 g/mol. The molecule has 3 rings (SSSR count). The van der Waals surface area contributed by atoms with Crippen LogP contribution in [0, 0.1) is 6.92 Å². The molecule has 128 valence electrons. The number of para-hydroxylation sites is 1. The van der Waals surface area contributed by atoms with Crippen LogP contribution in [0.3, 0.4) is 0 Å². The topological polar surface area (TPSA) is 114 Å². The molecule has 0 amide bonds. The summed E-state index contributed by atoms with van der Waals surface area (Å²) in [4.78, 5) is 22.6. The average Bonchev–Trinajstić information content (AvgIpc) is 3.05. The maximum absolute atomic E-state index is 11.5. The number of hydrogen-bond acceptors (Lipinski definition) is 6.